The molecule has 242 valence electrons. The van der Waals surface area contributed by atoms with Crippen molar-refractivity contribution in [3.05, 3.63) is 125 Å². The molecule has 11 heteroatoms. The summed E-state index contributed by atoms with van der Waals surface area (Å²) in [6, 6.07) is 26.4. The molecule has 1 unspecified atom stereocenters. The molecule has 0 radical (unpaired) electrons. The molecule has 46 heavy (non-hydrogen) atoms. The lowest BCUT2D eigenvalue weighted by Gasteiger charge is -2.34. The van der Waals surface area contributed by atoms with E-state index in [0.29, 0.717) is 12.3 Å². The van der Waals surface area contributed by atoms with Crippen molar-refractivity contribution >= 4 is 43.5 Å². The molecule has 0 aliphatic heterocycles. The first-order chi connectivity index (χ1) is 22.0. The van der Waals surface area contributed by atoms with Crippen LogP contribution in [0.25, 0.3) is 0 Å². The highest BCUT2D eigenvalue weighted by Crippen LogP contribution is 2.27. The van der Waals surface area contributed by atoms with Gasteiger partial charge in [0, 0.05) is 24.0 Å². The average Bonchev–Trinajstić information content (AvgIpc) is 3.05. The van der Waals surface area contributed by atoms with Crippen molar-refractivity contribution in [3.8, 4) is 5.75 Å². The Hall–Kier alpha value is -4.22. The fourth-order valence-corrected chi connectivity index (χ4v) is 6.45. The number of benzene rings is 4. The second-order valence-electron chi connectivity index (χ2n) is 11.2. The van der Waals surface area contributed by atoms with E-state index in [0.717, 1.165) is 32.0 Å². The summed E-state index contributed by atoms with van der Waals surface area (Å²) in [7, 11) is -2.86. The van der Waals surface area contributed by atoms with Gasteiger partial charge in [-0.2, -0.15) is 0 Å². The van der Waals surface area contributed by atoms with Gasteiger partial charge in [-0.3, -0.25) is 13.9 Å². The number of hydrogen-bond donors (Lipinski definition) is 1. The molecule has 0 aliphatic rings. The number of halogens is 2. The molecule has 0 aromatic heterocycles. The molecule has 1 atom stereocenters. The number of amides is 2. The van der Waals surface area contributed by atoms with E-state index in [4.69, 9.17) is 4.74 Å². The van der Waals surface area contributed by atoms with E-state index in [2.05, 4.69) is 21.2 Å². The molecular weight excluding hydrogens is 673 g/mol. The number of nitrogens with zero attached hydrogens (tertiary/aromatic N) is 2. The maximum atomic E-state index is 14.5. The fraction of sp³-hybridized carbons (Fsp3) is 0.257. The first kappa shape index (κ1) is 34.6. The fourth-order valence-electron chi connectivity index (χ4n) is 4.77. The Kier molecular flexibility index (Phi) is 11.9. The van der Waals surface area contributed by atoms with Gasteiger partial charge in [-0.1, -0.05) is 72.2 Å². The van der Waals surface area contributed by atoms with Gasteiger partial charge < -0.3 is 15.0 Å². The number of rotatable bonds is 14. The molecule has 0 heterocycles. The normalized spacial score (nSPS) is 12.0. The van der Waals surface area contributed by atoms with Crippen LogP contribution >= 0.6 is 15.9 Å². The van der Waals surface area contributed by atoms with Gasteiger partial charge in [-0.05, 0) is 77.7 Å². The number of carbonyl (C=O) groups excluding carboxylic acids is 2. The van der Waals surface area contributed by atoms with E-state index in [1.54, 1.807) is 0 Å². The zero-order valence-electron chi connectivity index (χ0n) is 25.9. The van der Waals surface area contributed by atoms with Crippen LogP contribution in [0.5, 0.6) is 5.75 Å². The molecule has 0 saturated heterocycles. The molecule has 1 N–H and O–H groups in total. The van der Waals surface area contributed by atoms with Gasteiger partial charge in [0.25, 0.3) is 10.0 Å². The Labute approximate surface area is 278 Å². The highest BCUT2D eigenvalue weighted by atomic mass is 79.9. The summed E-state index contributed by atoms with van der Waals surface area (Å²) in [6.07, 6.45) is 0.203. The average molecular weight is 711 g/mol. The molecule has 0 spiro atoms. The van der Waals surface area contributed by atoms with Gasteiger partial charge in [0.05, 0.1) is 17.7 Å². The first-order valence-corrected chi connectivity index (χ1v) is 17.0. The smallest absolute Gasteiger partial charge is 0.264 e. The van der Waals surface area contributed by atoms with Crippen molar-refractivity contribution < 1.29 is 27.1 Å². The molecule has 8 nitrogen and oxygen atoms in total. The molecule has 0 bridgehead atoms. The summed E-state index contributed by atoms with van der Waals surface area (Å²) in [5.74, 6) is -0.890. The summed E-state index contributed by atoms with van der Waals surface area (Å²) >= 11 is 3.44. The molecule has 4 aromatic rings. The first-order valence-electron chi connectivity index (χ1n) is 14.8. The number of methoxy groups -OCH3 is 1. The van der Waals surface area contributed by atoms with Crippen molar-refractivity contribution in [1.82, 2.24) is 10.2 Å². The second-order valence-corrected chi connectivity index (χ2v) is 13.9. The maximum Gasteiger partial charge on any atom is 0.264 e. The largest absolute Gasteiger partial charge is 0.497 e. The number of anilines is 1. The highest BCUT2D eigenvalue weighted by molar-refractivity contribution is 9.10. The zero-order valence-corrected chi connectivity index (χ0v) is 28.3. The standard InChI is InChI=1S/C35H37BrFN3O5S/c1-25(2)22-38-35(42)33(21-26-7-5-4-6-8-26)39(23-27-9-11-28(36)12-10-27)34(41)24-40(30-15-13-29(37)14-16-30)46(43,44)32-19-17-31(45-3)18-20-32/h4-20,25,33H,21-24H2,1-3H3,(H,38,42). The molecule has 2 amide bonds. The highest BCUT2D eigenvalue weighted by Gasteiger charge is 2.34. The van der Waals surface area contributed by atoms with Gasteiger partial charge >= 0.3 is 0 Å². The van der Waals surface area contributed by atoms with Crippen LogP contribution in [0.4, 0.5) is 10.1 Å². The molecule has 0 saturated carbocycles. The van der Waals surface area contributed by atoms with E-state index in [1.807, 2.05) is 68.4 Å². The van der Waals surface area contributed by atoms with Crippen LogP contribution in [0.1, 0.15) is 25.0 Å². The van der Waals surface area contributed by atoms with E-state index in [9.17, 15) is 22.4 Å². The number of hydrogen-bond acceptors (Lipinski definition) is 5. The Morgan fingerprint density at radius 3 is 2.09 bits per heavy atom. The third kappa shape index (κ3) is 9.17. The monoisotopic (exact) mass is 709 g/mol. The van der Waals surface area contributed by atoms with Gasteiger partial charge in [0.2, 0.25) is 11.8 Å². The lowest BCUT2D eigenvalue weighted by Crippen LogP contribution is -2.53. The van der Waals surface area contributed by atoms with Gasteiger partial charge in [0.15, 0.2) is 0 Å². The lowest BCUT2D eigenvalue weighted by molar-refractivity contribution is -0.140. The van der Waals surface area contributed by atoms with Gasteiger partial charge in [-0.15, -0.1) is 0 Å². The Balaban J connectivity index is 1.79. The molecule has 0 aliphatic carbocycles. The molecular formula is C35H37BrFN3O5S. The van der Waals surface area contributed by atoms with Crippen molar-refractivity contribution in [2.75, 3.05) is 24.5 Å². The van der Waals surface area contributed by atoms with Crippen LogP contribution in [-0.2, 0) is 32.6 Å². The van der Waals surface area contributed by atoms with Crippen molar-refractivity contribution in [3.63, 3.8) is 0 Å². The topological polar surface area (TPSA) is 96.0 Å². The van der Waals surface area contributed by atoms with Crippen LogP contribution in [0.15, 0.2) is 112 Å². The van der Waals surface area contributed by atoms with Gasteiger partial charge in [-0.25, -0.2) is 12.8 Å². The van der Waals surface area contributed by atoms with Crippen molar-refractivity contribution in [1.29, 1.82) is 0 Å². The SMILES string of the molecule is COc1ccc(S(=O)(=O)N(CC(=O)N(Cc2ccc(Br)cc2)C(Cc2ccccc2)C(=O)NCC(C)C)c2ccc(F)cc2)cc1. The van der Waals surface area contributed by atoms with Crippen LogP contribution in [0, 0.1) is 11.7 Å². The van der Waals surface area contributed by atoms with E-state index < -0.39 is 34.3 Å². The predicted octanol–water partition coefficient (Wildman–Crippen LogP) is 6.20. The number of nitrogens with one attached hydrogen (secondary N) is 1. The number of carbonyl (C=O) groups is 2. The molecule has 0 fully saturated rings. The Morgan fingerprint density at radius 1 is 0.870 bits per heavy atom. The van der Waals surface area contributed by atoms with E-state index in [-0.39, 0.29) is 35.4 Å². The van der Waals surface area contributed by atoms with Crippen LogP contribution < -0.4 is 14.4 Å². The summed E-state index contributed by atoms with van der Waals surface area (Å²) in [6.45, 7) is 3.75. The minimum atomic E-state index is -4.32. The predicted molar refractivity (Wildman–Crippen MR) is 180 cm³/mol. The minimum Gasteiger partial charge on any atom is -0.497 e. The van der Waals surface area contributed by atoms with Crippen molar-refractivity contribution in [2.24, 2.45) is 5.92 Å². The molecule has 4 rings (SSSR count). The summed E-state index contributed by atoms with van der Waals surface area (Å²) < 4.78 is 49.1. The Morgan fingerprint density at radius 2 is 1.50 bits per heavy atom. The van der Waals surface area contributed by atoms with Crippen LogP contribution in [-0.4, -0.2) is 51.4 Å². The Bertz CT molecular complexity index is 1700. The van der Waals surface area contributed by atoms with Crippen LogP contribution in [0.2, 0.25) is 0 Å². The minimum absolute atomic E-state index is 0.0402. The van der Waals surface area contributed by atoms with E-state index in [1.165, 1.54) is 48.4 Å². The zero-order chi connectivity index (χ0) is 33.3. The number of ether oxygens (including phenoxy) is 1. The summed E-state index contributed by atoms with van der Waals surface area (Å²) in [4.78, 5) is 29.6. The summed E-state index contributed by atoms with van der Waals surface area (Å²) in [5.41, 5.74) is 1.68. The number of sulfonamides is 1. The maximum absolute atomic E-state index is 14.5. The van der Waals surface area contributed by atoms with Gasteiger partial charge in [0.1, 0.15) is 24.2 Å². The third-order valence-electron chi connectivity index (χ3n) is 7.26. The summed E-state index contributed by atoms with van der Waals surface area (Å²) in [5, 5.41) is 2.97. The molecule has 4 aromatic carbocycles. The lowest BCUT2D eigenvalue weighted by atomic mass is 10.0. The third-order valence-corrected chi connectivity index (χ3v) is 9.58. The van der Waals surface area contributed by atoms with Crippen LogP contribution in [0.3, 0.4) is 0 Å². The van der Waals surface area contributed by atoms with E-state index >= 15 is 0 Å². The second kappa shape index (κ2) is 15.9. The quantitative estimate of drug-likeness (QED) is 0.168. The van der Waals surface area contributed by atoms with Crippen molar-refractivity contribution in [2.45, 2.75) is 37.8 Å².